The molecule has 0 aliphatic rings. The van der Waals surface area contributed by atoms with Crippen LogP contribution in [0.4, 0.5) is 4.39 Å². The number of aromatic hydroxyl groups is 1. The van der Waals surface area contributed by atoms with Crippen LogP contribution in [0.2, 0.25) is 0 Å². The van der Waals surface area contributed by atoms with Crippen LogP contribution >= 0.6 is 0 Å². The van der Waals surface area contributed by atoms with Gasteiger partial charge in [-0.2, -0.15) is 0 Å². The van der Waals surface area contributed by atoms with Crippen molar-refractivity contribution >= 4 is 0 Å². The van der Waals surface area contributed by atoms with Crippen molar-refractivity contribution in [1.29, 1.82) is 0 Å². The lowest BCUT2D eigenvalue weighted by molar-refractivity contribution is 0.411. The number of hydrogen-bond acceptors (Lipinski definition) is 4. The van der Waals surface area contributed by atoms with Gasteiger partial charge in [-0.25, -0.2) is 9.18 Å². The number of methoxy groups -OCH3 is 1. The zero-order valence-electron chi connectivity index (χ0n) is 8.28. The zero-order valence-corrected chi connectivity index (χ0v) is 8.28. The van der Waals surface area contributed by atoms with Crippen LogP contribution < -0.4 is 10.5 Å². The summed E-state index contributed by atoms with van der Waals surface area (Å²) in [6.45, 7) is 0. The van der Waals surface area contributed by atoms with E-state index in [1.165, 1.54) is 19.2 Å². The number of benzene rings is 1. The number of ether oxygens (including phenoxy) is 1. The highest BCUT2D eigenvalue weighted by Crippen LogP contribution is 2.34. The normalized spacial score (nSPS) is 10.4. The summed E-state index contributed by atoms with van der Waals surface area (Å²) in [6.07, 6.45) is 0. The predicted octanol–water partition coefficient (Wildman–Crippen LogP) is 1.49. The Labute approximate surface area is 89.1 Å². The highest BCUT2D eigenvalue weighted by Gasteiger charge is 2.16. The molecule has 0 spiro atoms. The summed E-state index contributed by atoms with van der Waals surface area (Å²) in [4.78, 5) is 12.9. The molecule has 0 radical (unpaired) electrons. The largest absolute Gasteiger partial charge is 0.496 e. The minimum absolute atomic E-state index is 0.152. The maximum absolute atomic E-state index is 13.0. The van der Waals surface area contributed by atoms with Crippen molar-refractivity contribution in [3.05, 3.63) is 34.6 Å². The maximum Gasteiger partial charge on any atom is 0.419 e. The van der Waals surface area contributed by atoms with E-state index in [1.807, 2.05) is 4.98 Å². The van der Waals surface area contributed by atoms with E-state index in [9.17, 15) is 14.3 Å². The van der Waals surface area contributed by atoms with Gasteiger partial charge in [0.1, 0.15) is 11.6 Å². The van der Waals surface area contributed by atoms with Crippen LogP contribution in [0.15, 0.2) is 27.4 Å². The molecule has 1 aromatic carbocycles. The fourth-order valence-corrected chi connectivity index (χ4v) is 1.36. The Balaban J connectivity index is 2.67. The Morgan fingerprint density at radius 1 is 1.50 bits per heavy atom. The van der Waals surface area contributed by atoms with Crippen LogP contribution in [0.3, 0.4) is 0 Å². The van der Waals surface area contributed by atoms with E-state index in [4.69, 9.17) is 9.15 Å². The monoisotopic (exact) mass is 225 g/mol. The van der Waals surface area contributed by atoms with Crippen molar-refractivity contribution < 1.29 is 18.7 Å². The Hall–Kier alpha value is -2.24. The SMILES string of the molecule is COc1ccc(F)cc1-c1oc(=O)[nH]c1O. The maximum atomic E-state index is 13.0. The molecule has 0 unspecified atom stereocenters. The molecular weight excluding hydrogens is 217 g/mol. The average Bonchev–Trinajstić information content (AvgIpc) is 2.57. The van der Waals surface area contributed by atoms with Crippen LogP contribution in [0.25, 0.3) is 11.3 Å². The molecule has 0 amide bonds. The Morgan fingerprint density at radius 3 is 2.81 bits per heavy atom. The number of aromatic amines is 1. The van der Waals surface area contributed by atoms with Crippen molar-refractivity contribution in [2.75, 3.05) is 7.11 Å². The number of halogens is 1. The topological polar surface area (TPSA) is 75.5 Å². The van der Waals surface area contributed by atoms with E-state index in [0.29, 0.717) is 5.75 Å². The minimum Gasteiger partial charge on any atom is -0.496 e. The van der Waals surface area contributed by atoms with Gasteiger partial charge in [-0.3, -0.25) is 4.98 Å². The number of oxazole rings is 1. The molecule has 0 atom stereocenters. The Morgan fingerprint density at radius 2 is 2.25 bits per heavy atom. The summed E-state index contributed by atoms with van der Waals surface area (Å²) in [5.74, 6) is -1.67. The van der Waals surface area contributed by atoms with E-state index in [1.54, 1.807) is 0 Å². The smallest absolute Gasteiger partial charge is 0.419 e. The quantitative estimate of drug-likeness (QED) is 0.811. The summed E-state index contributed by atoms with van der Waals surface area (Å²) >= 11 is 0. The van der Waals surface area contributed by atoms with Gasteiger partial charge in [0.15, 0.2) is 0 Å². The molecule has 1 aromatic heterocycles. The second-order valence-corrected chi connectivity index (χ2v) is 3.04. The first kappa shape index (κ1) is 10.3. The van der Waals surface area contributed by atoms with Gasteiger partial charge >= 0.3 is 5.76 Å². The number of aromatic nitrogens is 1. The average molecular weight is 225 g/mol. The summed E-state index contributed by atoms with van der Waals surface area (Å²) in [5, 5.41) is 9.37. The van der Waals surface area contributed by atoms with Crippen LogP contribution in [0, 0.1) is 5.82 Å². The van der Waals surface area contributed by atoms with Crippen LogP contribution in [-0.2, 0) is 0 Å². The van der Waals surface area contributed by atoms with E-state index in [0.717, 1.165) is 6.07 Å². The molecule has 0 saturated carbocycles. The van der Waals surface area contributed by atoms with Crippen molar-refractivity contribution in [1.82, 2.24) is 4.98 Å². The third kappa shape index (κ3) is 1.65. The molecule has 0 fully saturated rings. The molecule has 0 aliphatic carbocycles. The molecule has 6 heteroatoms. The Bertz CT molecular complexity index is 572. The lowest BCUT2D eigenvalue weighted by Gasteiger charge is -2.05. The van der Waals surface area contributed by atoms with E-state index >= 15 is 0 Å². The van der Waals surface area contributed by atoms with E-state index in [2.05, 4.69) is 0 Å². The second kappa shape index (κ2) is 3.73. The zero-order chi connectivity index (χ0) is 11.7. The molecular formula is C10H8FNO4. The third-order valence-electron chi connectivity index (χ3n) is 2.04. The summed E-state index contributed by atoms with van der Waals surface area (Å²) in [6, 6.07) is 3.67. The predicted molar refractivity (Wildman–Crippen MR) is 52.9 cm³/mol. The first-order valence-corrected chi connectivity index (χ1v) is 4.38. The van der Waals surface area contributed by atoms with Crippen LogP contribution in [0.5, 0.6) is 11.6 Å². The van der Waals surface area contributed by atoms with Gasteiger partial charge in [-0.1, -0.05) is 0 Å². The highest BCUT2D eigenvalue weighted by molar-refractivity contribution is 5.69. The van der Waals surface area contributed by atoms with Gasteiger partial charge in [-0.05, 0) is 18.2 Å². The van der Waals surface area contributed by atoms with Gasteiger partial charge in [0.2, 0.25) is 11.6 Å². The second-order valence-electron chi connectivity index (χ2n) is 3.04. The lowest BCUT2D eigenvalue weighted by Crippen LogP contribution is -1.93. The van der Waals surface area contributed by atoms with Crippen molar-refractivity contribution in [3.63, 3.8) is 0 Å². The fourth-order valence-electron chi connectivity index (χ4n) is 1.36. The molecule has 0 saturated heterocycles. The third-order valence-corrected chi connectivity index (χ3v) is 2.04. The number of hydrogen-bond donors (Lipinski definition) is 2. The van der Waals surface area contributed by atoms with Crippen molar-refractivity contribution in [2.24, 2.45) is 0 Å². The number of H-pyrrole nitrogens is 1. The minimum atomic E-state index is -0.821. The highest BCUT2D eigenvalue weighted by atomic mass is 19.1. The molecule has 1 heterocycles. The molecule has 16 heavy (non-hydrogen) atoms. The molecule has 84 valence electrons. The standard InChI is InChI=1S/C10H8FNO4/c1-15-7-3-2-5(11)4-6(7)8-9(13)12-10(14)16-8/h2-4,13H,1H3,(H,12,14). The molecule has 0 aliphatic heterocycles. The molecule has 2 N–H and O–H groups in total. The van der Waals surface area contributed by atoms with Gasteiger partial charge in [0, 0.05) is 0 Å². The van der Waals surface area contributed by atoms with Crippen LogP contribution in [-0.4, -0.2) is 17.2 Å². The summed E-state index contributed by atoms with van der Waals surface area (Å²) in [5.41, 5.74) is 0.165. The van der Waals surface area contributed by atoms with E-state index < -0.39 is 17.5 Å². The molecule has 5 nitrogen and oxygen atoms in total. The van der Waals surface area contributed by atoms with Gasteiger partial charge < -0.3 is 14.3 Å². The van der Waals surface area contributed by atoms with Gasteiger partial charge in [-0.15, -0.1) is 0 Å². The van der Waals surface area contributed by atoms with Gasteiger partial charge in [0.05, 0.1) is 12.7 Å². The van der Waals surface area contributed by atoms with Crippen molar-refractivity contribution in [2.45, 2.75) is 0 Å². The number of nitrogens with one attached hydrogen (secondary N) is 1. The molecule has 2 rings (SSSR count). The number of rotatable bonds is 2. The fraction of sp³-hybridized carbons (Fsp3) is 0.100. The summed E-state index contributed by atoms with van der Waals surface area (Å²) in [7, 11) is 1.39. The first-order chi connectivity index (χ1) is 7.61. The van der Waals surface area contributed by atoms with Crippen molar-refractivity contribution in [3.8, 4) is 23.0 Å². The first-order valence-electron chi connectivity index (χ1n) is 4.38. The Kier molecular flexibility index (Phi) is 2.40. The van der Waals surface area contributed by atoms with Gasteiger partial charge in [0.25, 0.3) is 0 Å². The summed E-state index contributed by atoms with van der Waals surface area (Å²) < 4.78 is 22.7. The molecule has 2 aromatic rings. The molecule has 0 bridgehead atoms. The van der Waals surface area contributed by atoms with E-state index in [-0.39, 0.29) is 11.3 Å². The van der Waals surface area contributed by atoms with Crippen LogP contribution in [0.1, 0.15) is 0 Å². The lowest BCUT2D eigenvalue weighted by atomic mass is 10.1.